The second-order valence-electron chi connectivity index (χ2n) is 7.61. The highest BCUT2D eigenvalue weighted by Crippen LogP contribution is 2.49. The van der Waals surface area contributed by atoms with Crippen LogP contribution in [0.2, 0.25) is 6.32 Å². The molecule has 6 nitrogen and oxygen atoms in total. The summed E-state index contributed by atoms with van der Waals surface area (Å²) in [6, 6.07) is 0. The van der Waals surface area contributed by atoms with Crippen molar-refractivity contribution in [1.29, 1.82) is 0 Å². The number of carbonyl (C=O) groups is 2. The molecule has 1 aliphatic carbocycles. The third-order valence-electron chi connectivity index (χ3n) is 5.69. The van der Waals surface area contributed by atoms with Gasteiger partial charge in [-0.3, -0.25) is 14.5 Å². The zero-order chi connectivity index (χ0) is 17.2. The number of aliphatic carboxylic acids is 1. The smallest absolute Gasteiger partial charge is 0.323 e. The van der Waals surface area contributed by atoms with Crippen LogP contribution in [0, 0.1) is 23.7 Å². The number of carbonyl (C=O) groups excluding carboxylic acids is 1. The molecule has 4 N–H and O–H groups in total. The summed E-state index contributed by atoms with van der Waals surface area (Å²) in [5.74, 6) is -0.214. The molecule has 0 aromatic rings. The second-order valence-corrected chi connectivity index (χ2v) is 7.61. The molecule has 0 amide bonds. The van der Waals surface area contributed by atoms with E-state index >= 15 is 0 Å². The van der Waals surface area contributed by atoms with Crippen molar-refractivity contribution in [3.8, 4) is 0 Å². The van der Waals surface area contributed by atoms with Gasteiger partial charge in [0, 0.05) is 19.0 Å². The molecule has 1 saturated heterocycles. The second kappa shape index (κ2) is 7.32. The summed E-state index contributed by atoms with van der Waals surface area (Å²) in [7, 11) is 0.125. The molecule has 2 aliphatic rings. The van der Waals surface area contributed by atoms with Crippen LogP contribution in [0.4, 0.5) is 0 Å². The van der Waals surface area contributed by atoms with E-state index in [0.29, 0.717) is 19.3 Å². The Balaban J connectivity index is 2.04. The van der Waals surface area contributed by atoms with Gasteiger partial charge in [0.2, 0.25) is 0 Å². The quantitative estimate of drug-likeness (QED) is 0.432. The maximum atomic E-state index is 12.0. The fraction of sp³-hybridized carbons (Fsp3) is 0.875. The lowest BCUT2D eigenvalue weighted by atomic mass is 9.78. The summed E-state index contributed by atoms with van der Waals surface area (Å²) >= 11 is 0. The van der Waals surface area contributed by atoms with Gasteiger partial charge in [0.25, 0.3) is 7.48 Å². The molecule has 23 heavy (non-hydrogen) atoms. The van der Waals surface area contributed by atoms with E-state index in [4.69, 9.17) is 10.8 Å². The van der Waals surface area contributed by atoms with E-state index in [-0.39, 0.29) is 36.9 Å². The number of rotatable bonds is 8. The molecule has 0 aromatic carbocycles. The van der Waals surface area contributed by atoms with Gasteiger partial charge in [0.1, 0.15) is 11.3 Å². The lowest BCUT2D eigenvalue weighted by Gasteiger charge is -2.31. The van der Waals surface area contributed by atoms with Crippen LogP contribution < -0.4 is 5.73 Å². The molecule has 130 valence electrons. The Morgan fingerprint density at radius 2 is 2.09 bits per heavy atom. The van der Waals surface area contributed by atoms with Crippen molar-refractivity contribution in [2.45, 2.75) is 45.0 Å². The van der Waals surface area contributed by atoms with Crippen molar-refractivity contribution in [2.75, 3.05) is 19.6 Å². The largest absolute Gasteiger partial charge is 0.480 e. The molecule has 2 fully saturated rings. The Morgan fingerprint density at radius 3 is 2.65 bits per heavy atom. The number of hydrogen-bond donors (Lipinski definition) is 3. The van der Waals surface area contributed by atoms with Gasteiger partial charge in [-0.15, -0.1) is 0 Å². The number of nitrogens with two attached hydrogens (primary N) is 1. The number of carboxylic acids is 1. The molecule has 7 heteroatoms. The zero-order valence-corrected chi connectivity index (χ0v) is 14.2. The van der Waals surface area contributed by atoms with Gasteiger partial charge in [-0.2, -0.15) is 0 Å². The van der Waals surface area contributed by atoms with E-state index < -0.39 is 11.5 Å². The van der Waals surface area contributed by atoms with Gasteiger partial charge in [0.15, 0.2) is 0 Å². The Morgan fingerprint density at radius 1 is 1.39 bits per heavy atom. The molecule has 1 heterocycles. The molecule has 2 rings (SSSR count). The molecule has 0 bridgehead atoms. The van der Waals surface area contributed by atoms with Gasteiger partial charge in [-0.05, 0) is 30.6 Å². The number of ketones is 1. The van der Waals surface area contributed by atoms with E-state index in [9.17, 15) is 14.7 Å². The molecule has 0 radical (unpaired) electrons. The molecule has 1 aliphatic heterocycles. The summed E-state index contributed by atoms with van der Waals surface area (Å²) in [5.41, 5.74) is 5.11. The maximum Gasteiger partial charge on any atom is 0.323 e. The Hall–Kier alpha value is -0.915. The fourth-order valence-corrected chi connectivity index (χ4v) is 4.35. The minimum Gasteiger partial charge on any atom is -0.480 e. The number of fused-ring (bicyclic) bond motifs is 1. The normalized spacial score (nSPS) is 33.9. The lowest BCUT2D eigenvalue weighted by molar-refractivity contribution is -0.145. The molecule has 0 spiro atoms. The average molecular weight is 324 g/mol. The van der Waals surface area contributed by atoms with E-state index in [1.165, 1.54) is 0 Å². The summed E-state index contributed by atoms with van der Waals surface area (Å²) in [6.07, 6.45) is 2.69. The van der Waals surface area contributed by atoms with Crippen LogP contribution in [0.1, 0.15) is 33.1 Å². The van der Waals surface area contributed by atoms with E-state index in [0.717, 1.165) is 25.9 Å². The molecular formula is C16H29BN2O4. The summed E-state index contributed by atoms with van der Waals surface area (Å²) in [5, 5.41) is 18.6. The maximum absolute atomic E-state index is 12.0. The SMILES string of the molecule is CC(C)C(=O)CN1CC2CC(N)(C(=O)O)C(CCCBO)C2C1. The third kappa shape index (κ3) is 3.78. The first-order valence-electron chi connectivity index (χ1n) is 8.67. The van der Waals surface area contributed by atoms with Crippen LogP contribution in [0.15, 0.2) is 0 Å². The number of Topliss-reactive ketones (excluding diaryl/α,β-unsaturated/α-hetero) is 1. The van der Waals surface area contributed by atoms with Crippen LogP contribution >= 0.6 is 0 Å². The van der Waals surface area contributed by atoms with Crippen LogP contribution in [-0.2, 0) is 9.59 Å². The first-order valence-corrected chi connectivity index (χ1v) is 8.67. The third-order valence-corrected chi connectivity index (χ3v) is 5.69. The number of nitrogens with zero attached hydrogens (tertiary/aromatic N) is 1. The Bertz CT molecular complexity index is 459. The minimum atomic E-state index is -1.15. The number of hydrogen-bond acceptors (Lipinski definition) is 5. The summed E-state index contributed by atoms with van der Waals surface area (Å²) in [4.78, 5) is 25.8. The highest BCUT2D eigenvalue weighted by atomic mass is 16.4. The van der Waals surface area contributed by atoms with Gasteiger partial charge in [-0.1, -0.05) is 26.6 Å². The van der Waals surface area contributed by atoms with Crippen molar-refractivity contribution in [2.24, 2.45) is 29.4 Å². The van der Waals surface area contributed by atoms with E-state index in [1.807, 2.05) is 13.8 Å². The van der Waals surface area contributed by atoms with Crippen molar-refractivity contribution < 1.29 is 19.7 Å². The topological polar surface area (TPSA) is 104 Å². The molecular weight excluding hydrogens is 295 g/mol. The Labute approximate surface area is 138 Å². The molecule has 4 unspecified atom stereocenters. The lowest BCUT2D eigenvalue weighted by Crippen LogP contribution is -2.53. The van der Waals surface area contributed by atoms with Crippen LogP contribution in [-0.4, -0.2) is 59.4 Å². The van der Waals surface area contributed by atoms with Crippen LogP contribution in [0.3, 0.4) is 0 Å². The predicted octanol–water partition coefficient (Wildman–Crippen LogP) is 0.104. The number of likely N-dealkylation sites (tertiary alicyclic amines) is 1. The van der Waals surface area contributed by atoms with Crippen LogP contribution in [0.5, 0.6) is 0 Å². The average Bonchev–Trinajstić information content (AvgIpc) is 2.95. The molecule has 4 atom stereocenters. The first kappa shape index (κ1) is 18.4. The Kier molecular flexibility index (Phi) is 5.86. The first-order chi connectivity index (χ1) is 10.8. The van der Waals surface area contributed by atoms with Crippen molar-refractivity contribution in [1.82, 2.24) is 4.90 Å². The fourth-order valence-electron chi connectivity index (χ4n) is 4.35. The van der Waals surface area contributed by atoms with Gasteiger partial charge in [-0.25, -0.2) is 0 Å². The number of carboxylic acid groups (broad SMARTS) is 1. The zero-order valence-electron chi connectivity index (χ0n) is 14.2. The summed E-state index contributed by atoms with van der Waals surface area (Å²) < 4.78 is 0. The molecule has 1 saturated carbocycles. The van der Waals surface area contributed by atoms with E-state index in [2.05, 4.69) is 4.90 Å². The summed E-state index contributed by atoms with van der Waals surface area (Å²) in [6.45, 7) is 5.81. The van der Waals surface area contributed by atoms with E-state index in [1.54, 1.807) is 0 Å². The highest BCUT2D eigenvalue weighted by Gasteiger charge is 2.57. The van der Waals surface area contributed by atoms with Crippen molar-refractivity contribution >= 4 is 19.2 Å². The monoisotopic (exact) mass is 324 g/mol. The highest BCUT2D eigenvalue weighted by molar-refractivity contribution is 6.25. The van der Waals surface area contributed by atoms with Gasteiger partial charge < -0.3 is 15.9 Å². The van der Waals surface area contributed by atoms with Crippen molar-refractivity contribution in [3.63, 3.8) is 0 Å². The van der Waals surface area contributed by atoms with Crippen molar-refractivity contribution in [3.05, 3.63) is 0 Å². The predicted molar refractivity (Wildman–Crippen MR) is 89.3 cm³/mol. The molecule has 0 aromatic heterocycles. The standard InChI is InChI=1S/C16H29BN2O4/c1-10(2)14(20)9-19-7-11-6-16(18,15(21)22)13(12(11)8-19)4-3-5-17-23/h10-13,17,23H,3-9,18H2,1-2H3,(H,21,22). The minimum absolute atomic E-state index is 0.0309. The van der Waals surface area contributed by atoms with Gasteiger partial charge in [0.05, 0.1) is 6.54 Å². The van der Waals surface area contributed by atoms with Crippen LogP contribution in [0.25, 0.3) is 0 Å². The van der Waals surface area contributed by atoms with Gasteiger partial charge >= 0.3 is 5.97 Å².